The molecule has 0 bridgehead atoms. The minimum absolute atomic E-state index is 0.259. The minimum Gasteiger partial charge on any atom is -0.339 e. The molecule has 0 spiro atoms. The second-order valence-electron chi connectivity index (χ2n) is 4.52. The van der Waals surface area contributed by atoms with Crippen LogP contribution in [0.4, 0.5) is 8.78 Å². The molecule has 6 heteroatoms. The van der Waals surface area contributed by atoms with Gasteiger partial charge in [-0.15, -0.1) is 0 Å². The summed E-state index contributed by atoms with van der Waals surface area (Å²) in [6.45, 7) is 2.64. The van der Waals surface area contributed by atoms with Crippen LogP contribution >= 0.6 is 0 Å². The highest BCUT2D eigenvalue weighted by Gasteiger charge is 2.12. The highest BCUT2D eigenvalue weighted by Crippen LogP contribution is 2.19. The second-order valence-corrected chi connectivity index (χ2v) is 4.52. The van der Waals surface area contributed by atoms with Crippen LogP contribution in [-0.2, 0) is 6.42 Å². The predicted molar refractivity (Wildman–Crippen MR) is 66.2 cm³/mol. The van der Waals surface area contributed by atoms with Gasteiger partial charge in [-0.05, 0) is 37.1 Å². The molecule has 0 saturated heterocycles. The molecule has 19 heavy (non-hydrogen) atoms. The van der Waals surface area contributed by atoms with E-state index in [1.54, 1.807) is 0 Å². The lowest BCUT2D eigenvalue weighted by molar-refractivity contribution is 0.366. The van der Waals surface area contributed by atoms with Crippen molar-refractivity contribution in [3.05, 3.63) is 35.7 Å². The molecule has 1 aromatic heterocycles. The maximum Gasteiger partial charge on any atom is 0.226 e. The number of aromatic nitrogens is 2. The summed E-state index contributed by atoms with van der Waals surface area (Å²) in [5.41, 5.74) is 5.91. The Hall–Kier alpha value is -1.82. The Labute approximate surface area is 109 Å². The maximum atomic E-state index is 13.1. The minimum atomic E-state index is -0.930. The molecule has 0 aliphatic rings. The molecular weight excluding hydrogens is 252 g/mol. The van der Waals surface area contributed by atoms with Crippen molar-refractivity contribution in [3.8, 4) is 11.4 Å². The average Bonchev–Trinajstić information content (AvgIpc) is 2.88. The molecule has 1 unspecified atom stereocenters. The zero-order valence-electron chi connectivity index (χ0n) is 10.6. The van der Waals surface area contributed by atoms with E-state index in [0.717, 1.165) is 18.6 Å². The van der Waals surface area contributed by atoms with Gasteiger partial charge in [-0.1, -0.05) is 12.1 Å². The van der Waals surface area contributed by atoms with Crippen molar-refractivity contribution in [3.63, 3.8) is 0 Å². The van der Waals surface area contributed by atoms with Gasteiger partial charge < -0.3 is 10.3 Å². The Kier molecular flexibility index (Phi) is 4.21. The molecule has 0 radical (unpaired) electrons. The van der Waals surface area contributed by atoms with E-state index in [-0.39, 0.29) is 5.82 Å². The topological polar surface area (TPSA) is 64.9 Å². The van der Waals surface area contributed by atoms with Crippen molar-refractivity contribution in [2.24, 2.45) is 11.7 Å². The van der Waals surface area contributed by atoms with E-state index in [1.165, 1.54) is 6.07 Å². The fraction of sp³-hybridized carbons (Fsp3) is 0.385. The van der Waals surface area contributed by atoms with Crippen LogP contribution in [0.1, 0.15) is 19.2 Å². The lowest BCUT2D eigenvalue weighted by Gasteiger charge is -2.03. The lowest BCUT2D eigenvalue weighted by atomic mass is 10.1. The molecule has 2 aromatic rings. The molecule has 0 fully saturated rings. The van der Waals surface area contributed by atoms with Crippen molar-refractivity contribution in [1.82, 2.24) is 10.1 Å². The van der Waals surface area contributed by atoms with Gasteiger partial charge in [0, 0.05) is 12.0 Å². The average molecular weight is 267 g/mol. The number of halogens is 2. The summed E-state index contributed by atoms with van der Waals surface area (Å²) in [4.78, 5) is 4.15. The van der Waals surface area contributed by atoms with Gasteiger partial charge in [0.1, 0.15) is 0 Å². The van der Waals surface area contributed by atoms with E-state index in [1.807, 2.05) is 6.92 Å². The van der Waals surface area contributed by atoms with Gasteiger partial charge in [0.05, 0.1) is 0 Å². The molecule has 2 N–H and O–H groups in total. The fourth-order valence-corrected chi connectivity index (χ4v) is 1.60. The summed E-state index contributed by atoms with van der Waals surface area (Å²) in [6, 6.07) is 3.50. The van der Waals surface area contributed by atoms with Crippen LogP contribution in [0.5, 0.6) is 0 Å². The van der Waals surface area contributed by atoms with Gasteiger partial charge in [0.2, 0.25) is 11.7 Å². The third-order valence-corrected chi connectivity index (χ3v) is 2.90. The third kappa shape index (κ3) is 3.35. The van der Waals surface area contributed by atoms with Crippen LogP contribution in [0.2, 0.25) is 0 Å². The van der Waals surface area contributed by atoms with Gasteiger partial charge in [-0.25, -0.2) is 8.78 Å². The number of hydrogen-bond acceptors (Lipinski definition) is 4. The van der Waals surface area contributed by atoms with Gasteiger partial charge in [-0.3, -0.25) is 0 Å². The summed E-state index contributed by atoms with van der Waals surface area (Å²) in [5, 5.41) is 3.75. The van der Waals surface area contributed by atoms with Gasteiger partial charge in [0.15, 0.2) is 11.6 Å². The molecule has 0 saturated carbocycles. The summed E-state index contributed by atoms with van der Waals surface area (Å²) in [6.07, 6.45) is 1.46. The third-order valence-electron chi connectivity index (χ3n) is 2.90. The van der Waals surface area contributed by atoms with E-state index in [4.69, 9.17) is 10.3 Å². The van der Waals surface area contributed by atoms with Gasteiger partial charge >= 0.3 is 0 Å². The van der Waals surface area contributed by atoms with Crippen molar-refractivity contribution in [1.29, 1.82) is 0 Å². The Morgan fingerprint density at radius 3 is 2.79 bits per heavy atom. The van der Waals surface area contributed by atoms with Crippen molar-refractivity contribution in [2.75, 3.05) is 6.54 Å². The molecule has 0 aliphatic heterocycles. The Morgan fingerprint density at radius 2 is 2.11 bits per heavy atom. The van der Waals surface area contributed by atoms with E-state index >= 15 is 0 Å². The molecule has 102 valence electrons. The predicted octanol–water partition coefficient (Wildman–Crippen LogP) is 2.54. The molecule has 0 aliphatic carbocycles. The zero-order chi connectivity index (χ0) is 13.8. The molecular formula is C13H15F2N3O. The van der Waals surface area contributed by atoms with Crippen LogP contribution < -0.4 is 5.73 Å². The summed E-state index contributed by atoms with van der Waals surface area (Å²) >= 11 is 0. The quantitative estimate of drug-likeness (QED) is 0.904. The highest BCUT2D eigenvalue weighted by atomic mass is 19.2. The fourth-order valence-electron chi connectivity index (χ4n) is 1.60. The molecule has 0 amide bonds. The van der Waals surface area contributed by atoms with Crippen LogP contribution in [0.25, 0.3) is 11.4 Å². The number of aryl methyl sites for hydroxylation is 1. The first-order valence-electron chi connectivity index (χ1n) is 6.08. The lowest BCUT2D eigenvalue weighted by Crippen LogP contribution is -2.11. The van der Waals surface area contributed by atoms with Gasteiger partial charge in [0.25, 0.3) is 0 Å². The molecule has 1 heterocycles. The Bertz CT molecular complexity index is 557. The van der Waals surface area contributed by atoms with Crippen molar-refractivity contribution >= 4 is 0 Å². The molecule has 1 atom stereocenters. The largest absolute Gasteiger partial charge is 0.339 e. The van der Waals surface area contributed by atoms with Crippen LogP contribution in [-0.4, -0.2) is 16.7 Å². The number of nitrogens with two attached hydrogens (primary N) is 1. The highest BCUT2D eigenvalue weighted by molar-refractivity contribution is 5.54. The first-order valence-corrected chi connectivity index (χ1v) is 6.08. The van der Waals surface area contributed by atoms with Crippen molar-refractivity contribution < 1.29 is 13.3 Å². The van der Waals surface area contributed by atoms with E-state index in [9.17, 15) is 8.78 Å². The van der Waals surface area contributed by atoms with Gasteiger partial charge in [-0.2, -0.15) is 4.98 Å². The molecule has 4 nitrogen and oxygen atoms in total. The standard InChI is InChI=1S/C13H15F2N3O/c1-8(7-16)2-5-12-17-13(18-19-12)9-3-4-10(14)11(15)6-9/h3-4,6,8H,2,5,7,16H2,1H3. The zero-order valence-corrected chi connectivity index (χ0v) is 10.6. The Morgan fingerprint density at radius 1 is 1.32 bits per heavy atom. The Balaban J connectivity index is 2.09. The van der Waals surface area contributed by atoms with Crippen LogP contribution in [0, 0.1) is 17.6 Å². The molecule has 1 aromatic carbocycles. The number of nitrogens with zero attached hydrogens (tertiary/aromatic N) is 2. The smallest absolute Gasteiger partial charge is 0.226 e. The van der Waals surface area contributed by atoms with E-state index in [2.05, 4.69) is 10.1 Å². The normalized spacial score (nSPS) is 12.6. The van der Waals surface area contributed by atoms with Crippen molar-refractivity contribution in [2.45, 2.75) is 19.8 Å². The first kappa shape index (κ1) is 13.6. The van der Waals surface area contributed by atoms with Crippen LogP contribution in [0.3, 0.4) is 0 Å². The van der Waals surface area contributed by atoms with E-state index in [0.29, 0.717) is 30.3 Å². The maximum absolute atomic E-state index is 13.1. The second kappa shape index (κ2) is 5.88. The number of hydrogen-bond donors (Lipinski definition) is 1. The summed E-state index contributed by atoms with van der Waals surface area (Å²) < 4.78 is 31.0. The van der Waals surface area contributed by atoms with E-state index < -0.39 is 11.6 Å². The summed E-state index contributed by atoms with van der Waals surface area (Å²) in [5.74, 6) is -0.724. The first-order chi connectivity index (χ1) is 9.10. The summed E-state index contributed by atoms with van der Waals surface area (Å²) in [7, 11) is 0. The molecule has 2 rings (SSSR count). The number of rotatable bonds is 5. The SMILES string of the molecule is CC(CN)CCc1nc(-c2ccc(F)c(F)c2)no1. The van der Waals surface area contributed by atoms with Crippen LogP contribution in [0.15, 0.2) is 22.7 Å². The number of benzene rings is 1. The monoisotopic (exact) mass is 267 g/mol.